The Labute approximate surface area is 103 Å². The molecule has 1 unspecified atom stereocenters. The van der Waals surface area contributed by atoms with E-state index in [0.717, 1.165) is 5.56 Å². The molecular formula is C14H21NO2. The summed E-state index contributed by atoms with van der Waals surface area (Å²) in [5.41, 5.74) is 0.726. The molecule has 1 rings (SSSR count). The van der Waals surface area contributed by atoms with Gasteiger partial charge in [0.05, 0.1) is 12.6 Å². The van der Waals surface area contributed by atoms with Gasteiger partial charge >= 0.3 is 0 Å². The highest BCUT2D eigenvalue weighted by molar-refractivity contribution is 5.99. The van der Waals surface area contributed by atoms with Gasteiger partial charge in [-0.15, -0.1) is 0 Å². The van der Waals surface area contributed by atoms with Gasteiger partial charge in [-0.2, -0.15) is 0 Å². The molecule has 1 atom stereocenters. The molecular weight excluding hydrogens is 214 g/mol. The molecule has 0 amide bonds. The molecule has 1 aromatic rings. The van der Waals surface area contributed by atoms with Crippen LogP contribution in [0.15, 0.2) is 30.3 Å². The van der Waals surface area contributed by atoms with Crippen LogP contribution in [0.1, 0.15) is 31.1 Å². The fourth-order valence-electron chi connectivity index (χ4n) is 2.01. The lowest BCUT2D eigenvalue weighted by atomic mass is 10.0. The van der Waals surface area contributed by atoms with Crippen molar-refractivity contribution in [3.63, 3.8) is 0 Å². The number of hydrogen-bond donors (Lipinski definition) is 1. The molecule has 0 fully saturated rings. The SMILES string of the molecule is CC(C)N(CCO)C(C)C(=O)c1ccccc1. The van der Waals surface area contributed by atoms with Crippen LogP contribution >= 0.6 is 0 Å². The predicted octanol–water partition coefficient (Wildman–Crippen LogP) is 1.96. The number of aliphatic hydroxyl groups excluding tert-OH is 1. The molecule has 0 heterocycles. The molecule has 0 aliphatic carbocycles. The quantitative estimate of drug-likeness (QED) is 0.766. The highest BCUT2D eigenvalue weighted by Crippen LogP contribution is 2.11. The van der Waals surface area contributed by atoms with Crippen molar-refractivity contribution in [2.75, 3.05) is 13.2 Å². The fraction of sp³-hybridized carbons (Fsp3) is 0.500. The van der Waals surface area contributed by atoms with Gasteiger partial charge in [0.2, 0.25) is 0 Å². The van der Waals surface area contributed by atoms with Gasteiger partial charge in [-0.3, -0.25) is 9.69 Å². The summed E-state index contributed by atoms with van der Waals surface area (Å²) >= 11 is 0. The third-order valence-electron chi connectivity index (χ3n) is 2.96. The van der Waals surface area contributed by atoms with Gasteiger partial charge in [0.1, 0.15) is 0 Å². The molecule has 0 bridgehead atoms. The Morgan fingerprint density at radius 3 is 2.29 bits per heavy atom. The Kier molecular flexibility index (Phi) is 5.32. The summed E-state index contributed by atoms with van der Waals surface area (Å²) in [5.74, 6) is 0.104. The van der Waals surface area contributed by atoms with Crippen LogP contribution in [-0.2, 0) is 0 Å². The van der Waals surface area contributed by atoms with Gasteiger partial charge in [-0.1, -0.05) is 30.3 Å². The first-order chi connectivity index (χ1) is 8.07. The average molecular weight is 235 g/mol. The van der Waals surface area contributed by atoms with Gasteiger partial charge < -0.3 is 5.11 Å². The van der Waals surface area contributed by atoms with Crippen molar-refractivity contribution in [2.24, 2.45) is 0 Å². The minimum absolute atomic E-state index is 0.0740. The first-order valence-electron chi connectivity index (χ1n) is 6.03. The Morgan fingerprint density at radius 2 is 1.82 bits per heavy atom. The maximum atomic E-state index is 12.2. The topological polar surface area (TPSA) is 40.5 Å². The van der Waals surface area contributed by atoms with E-state index < -0.39 is 0 Å². The van der Waals surface area contributed by atoms with Crippen molar-refractivity contribution >= 4 is 5.78 Å². The van der Waals surface area contributed by atoms with E-state index in [9.17, 15) is 4.79 Å². The highest BCUT2D eigenvalue weighted by atomic mass is 16.3. The maximum Gasteiger partial charge on any atom is 0.179 e. The minimum atomic E-state index is -0.204. The van der Waals surface area contributed by atoms with E-state index in [2.05, 4.69) is 0 Å². The lowest BCUT2D eigenvalue weighted by molar-refractivity contribution is 0.0743. The fourth-order valence-corrected chi connectivity index (χ4v) is 2.01. The lowest BCUT2D eigenvalue weighted by Gasteiger charge is -2.31. The molecule has 1 N–H and O–H groups in total. The van der Waals surface area contributed by atoms with E-state index in [4.69, 9.17) is 5.11 Å². The molecule has 3 nitrogen and oxygen atoms in total. The normalized spacial score (nSPS) is 13.1. The second-order valence-corrected chi connectivity index (χ2v) is 4.46. The molecule has 0 aliphatic heterocycles. The zero-order valence-corrected chi connectivity index (χ0v) is 10.8. The van der Waals surface area contributed by atoms with Crippen LogP contribution in [0.5, 0.6) is 0 Å². The molecule has 0 saturated carbocycles. The summed E-state index contributed by atoms with van der Waals surface area (Å²) in [5, 5.41) is 9.03. The Balaban J connectivity index is 2.80. The number of benzene rings is 1. The van der Waals surface area contributed by atoms with E-state index in [-0.39, 0.29) is 24.5 Å². The Morgan fingerprint density at radius 1 is 1.24 bits per heavy atom. The zero-order valence-electron chi connectivity index (χ0n) is 10.8. The molecule has 0 radical (unpaired) electrons. The summed E-state index contributed by atoms with van der Waals surface area (Å²) in [6, 6.07) is 9.33. The monoisotopic (exact) mass is 235 g/mol. The third-order valence-corrected chi connectivity index (χ3v) is 2.96. The first-order valence-corrected chi connectivity index (χ1v) is 6.03. The summed E-state index contributed by atoms with van der Waals surface area (Å²) in [7, 11) is 0. The van der Waals surface area contributed by atoms with Crippen LogP contribution in [0.25, 0.3) is 0 Å². The number of rotatable bonds is 6. The van der Waals surface area contributed by atoms with Crippen molar-refractivity contribution in [1.82, 2.24) is 4.90 Å². The van der Waals surface area contributed by atoms with Gasteiger partial charge in [0, 0.05) is 18.2 Å². The molecule has 94 valence electrons. The van der Waals surface area contributed by atoms with Crippen molar-refractivity contribution in [2.45, 2.75) is 32.9 Å². The number of hydrogen-bond acceptors (Lipinski definition) is 3. The van der Waals surface area contributed by atoms with E-state index >= 15 is 0 Å². The van der Waals surface area contributed by atoms with Crippen LogP contribution in [0.4, 0.5) is 0 Å². The van der Waals surface area contributed by atoms with Crippen LogP contribution < -0.4 is 0 Å². The van der Waals surface area contributed by atoms with Crippen molar-refractivity contribution in [3.05, 3.63) is 35.9 Å². The number of Topliss-reactive ketones (excluding diaryl/α,β-unsaturated/α-hetero) is 1. The van der Waals surface area contributed by atoms with E-state index in [1.807, 2.05) is 56.0 Å². The summed E-state index contributed by atoms with van der Waals surface area (Å²) in [6.07, 6.45) is 0. The predicted molar refractivity (Wildman–Crippen MR) is 69.2 cm³/mol. The number of carbonyl (C=O) groups excluding carboxylic acids is 1. The van der Waals surface area contributed by atoms with Crippen molar-refractivity contribution < 1.29 is 9.90 Å². The smallest absolute Gasteiger partial charge is 0.179 e. The number of ketones is 1. The van der Waals surface area contributed by atoms with E-state index in [1.165, 1.54) is 0 Å². The van der Waals surface area contributed by atoms with Crippen molar-refractivity contribution in [3.8, 4) is 0 Å². The maximum absolute atomic E-state index is 12.2. The van der Waals surface area contributed by atoms with Gasteiger partial charge in [-0.25, -0.2) is 0 Å². The van der Waals surface area contributed by atoms with Crippen LogP contribution in [0.2, 0.25) is 0 Å². The third kappa shape index (κ3) is 3.65. The van der Waals surface area contributed by atoms with E-state index in [1.54, 1.807) is 0 Å². The molecule has 0 saturated heterocycles. The van der Waals surface area contributed by atoms with E-state index in [0.29, 0.717) is 6.54 Å². The lowest BCUT2D eigenvalue weighted by Crippen LogP contribution is -2.44. The molecule has 17 heavy (non-hydrogen) atoms. The van der Waals surface area contributed by atoms with Gasteiger partial charge in [0.15, 0.2) is 5.78 Å². The van der Waals surface area contributed by atoms with Crippen LogP contribution in [-0.4, -0.2) is 41.0 Å². The average Bonchev–Trinajstić information content (AvgIpc) is 2.35. The molecule has 0 spiro atoms. The number of aliphatic hydroxyl groups is 1. The van der Waals surface area contributed by atoms with Crippen LogP contribution in [0.3, 0.4) is 0 Å². The van der Waals surface area contributed by atoms with Gasteiger partial charge in [-0.05, 0) is 20.8 Å². The number of nitrogens with zero attached hydrogens (tertiary/aromatic N) is 1. The standard InChI is InChI=1S/C14H21NO2/c1-11(2)15(9-10-16)12(3)14(17)13-7-5-4-6-8-13/h4-8,11-12,16H,9-10H2,1-3H3. The second kappa shape index (κ2) is 6.52. The second-order valence-electron chi connectivity index (χ2n) is 4.46. The minimum Gasteiger partial charge on any atom is -0.395 e. The Bertz CT molecular complexity index is 348. The van der Waals surface area contributed by atoms with Crippen molar-refractivity contribution in [1.29, 1.82) is 0 Å². The molecule has 3 heteroatoms. The summed E-state index contributed by atoms with van der Waals surface area (Å²) < 4.78 is 0. The summed E-state index contributed by atoms with van der Waals surface area (Å²) in [4.78, 5) is 14.3. The molecule has 1 aromatic carbocycles. The largest absolute Gasteiger partial charge is 0.395 e. The summed E-state index contributed by atoms with van der Waals surface area (Å²) in [6.45, 7) is 6.56. The number of carbonyl (C=O) groups is 1. The molecule has 0 aliphatic rings. The molecule has 0 aromatic heterocycles. The van der Waals surface area contributed by atoms with Crippen LogP contribution in [0, 0.1) is 0 Å². The highest BCUT2D eigenvalue weighted by Gasteiger charge is 2.23. The Hall–Kier alpha value is -1.19. The zero-order chi connectivity index (χ0) is 12.8. The first kappa shape index (κ1) is 13.9. The van der Waals surface area contributed by atoms with Gasteiger partial charge in [0.25, 0.3) is 0 Å².